The fourth-order valence-electron chi connectivity index (χ4n) is 2.14. The minimum Gasteiger partial charge on any atom is -0.380 e. The predicted molar refractivity (Wildman–Crippen MR) is 64.2 cm³/mol. The molecule has 1 unspecified atom stereocenters. The van der Waals surface area contributed by atoms with Gasteiger partial charge in [0.25, 0.3) is 0 Å². The van der Waals surface area contributed by atoms with E-state index in [4.69, 9.17) is 4.74 Å². The molecule has 0 spiro atoms. The second-order valence-electron chi connectivity index (χ2n) is 4.16. The first-order valence-corrected chi connectivity index (χ1v) is 5.87. The molecular weight excluding hydrogens is 188 g/mol. The molecule has 0 amide bonds. The first-order valence-electron chi connectivity index (χ1n) is 5.87. The quantitative estimate of drug-likeness (QED) is 0.671. The highest BCUT2D eigenvalue weighted by molar-refractivity contribution is 5.08. The van der Waals surface area contributed by atoms with Crippen molar-refractivity contribution in [2.45, 2.75) is 25.8 Å². The van der Waals surface area contributed by atoms with Crippen LogP contribution in [0.15, 0.2) is 11.6 Å². The Balaban J connectivity index is 2.40. The molecule has 0 bridgehead atoms. The Bertz CT molecular complexity index is 204. The summed E-state index contributed by atoms with van der Waals surface area (Å²) in [5, 5.41) is 3.27. The van der Waals surface area contributed by atoms with Gasteiger partial charge in [-0.2, -0.15) is 0 Å². The molecule has 3 heteroatoms. The molecule has 0 aliphatic carbocycles. The smallest absolute Gasteiger partial charge is 0.0673 e. The molecule has 1 aliphatic rings. The average Bonchev–Trinajstić information content (AvgIpc) is 2.28. The van der Waals surface area contributed by atoms with Gasteiger partial charge in [-0.05, 0) is 25.5 Å². The molecule has 3 nitrogen and oxygen atoms in total. The Morgan fingerprint density at radius 1 is 1.60 bits per heavy atom. The van der Waals surface area contributed by atoms with Crippen molar-refractivity contribution in [1.82, 2.24) is 10.2 Å². The van der Waals surface area contributed by atoms with Crippen LogP contribution in [-0.2, 0) is 4.74 Å². The van der Waals surface area contributed by atoms with Crippen LogP contribution in [0.4, 0.5) is 0 Å². The van der Waals surface area contributed by atoms with Gasteiger partial charge in [0, 0.05) is 32.8 Å². The van der Waals surface area contributed by atoms with Gasteiger partial charge in [0.15, 0.2) is 0 Å². The van der Waals surface area contributed by atoms with Crippen molar-refractivity contribution in [2.24, 2.45) is 0 Å². The maximum absolute atomic E-state index is 5.15. The zero-order valence-corrected chi connectivity index (χ0v) is 10.3. The molecule has 0 radical (unpaired) electrons. The lowest BCUT2D eigenvalue weighted by atomic mass is 10.1. The Morgan fingerprint density at radius 2 is 2.40 bits per heavy atom. The zero-order chi connectivity index (χ0) is 11.1. The van der Waals surface area contributed by atoms with Crippen LogP contribution in [0.2, 0.25) is 0 Å². The van der Waals surface area contributed by atoms with Crippen LogP contribution in [0, 0.1) is 0 Å². The molecule has 1 N–H and O–H groups in total. The van der Waals surface area contributed by atoms with E-state index in [1.54, 1.807) is 7.11 Å². The fourth-order valence-corrected chi connectivity index (χ4v) is 2.14. The molecule has 15 heavy (non-hydrogen) atoms. The lowest BCUT2D eigenvalue weighted by molar-refractivity contribution is 0.184. The molecule has 0 aromatic carbocycles. The van der Waals surface area contributed by atoms with E-state index in [0.29, 0.717) is 6.04 Å². The van der Waals surface area contributed by atoms with E-state index < -0.39 is 0 Å². The summed E-state index contributed by atoms with van der Waals surface area (Å²) in [7, 11) is 3.79. The first-order chi connectivity index (χ1) is 7.31. The molecule has 88 valence electrons. The summed E-state index contributed by atoms with van der Waals surface area (Å²) < 4.78 is 5.15. The van der Waals surface area contributed by atoms with Gasteiger partial charge in [-0.3, -0.25) is 4.90 Å². The van der Waals surface area contributed by atoms with Gasteiger partial charge in [0.2, 0.25) is 0 Å². The van der Waals surface area contributed by atoms with E-state index in [0.717, 1.165) is 26.1 Å². The molecule has 0 saturated heterocycles. The van der Waals surface area contributed by atoms with Gasteiger partial charge in [-0.25, -0.2) is 0 Å². The molecule has 0 aromatic heterocycles. The van der Waals surface area contributed by atoms with Gasteiger partial charge in [0.1, 0.15) is 0 Å². The second kappa shape index (κ2) is 6.99. The van der Waals surface area contributed by atoms with Crippen LogP contribution in [0.3, 0.4) is 0 Å². The SMILES string of the molecule is CCC(CNC)N1CC=C(COC)CC1. The number of hydrogen-bond donors (Lipinski definition) is 1. The molecule has 0 fully saturated rings. The number of methoxy groups -OCH3 is 1. The van der Waals surface area contributed by atoms with Gasteiger partial charge in [-0.1, -0.05) is 13.0 Å². The highest BCUT2D eigenvalue weighted by Gasteiger charge is 2.18. The van der Waals surface area contributed by atoms with Gasteiger partial charge in [-0.15, -0.1) is 0 Å². The number of nitrogens with zero attached hydrogens (tertiary/aromatic N) is 1. The van der Waals surface area contributed by atoms with Crippen molar-refractivity contribution >= 4 is 0 Å². The van der Waals surface area contributed by atoms with Crippen LogP contribution in [0.25, 0.3) is 0 Å². The largest absolute Gasteiger partial charge is 0.380 e. The zero-order valence-electron chi connectivity index (χ0n) is 10.3. The monoisotopic (exact) mass is 212 g/mol. The second-order valence-corrected chi connectivity index (χ2v) is 4.16. The molecule has 1 aliphatic heterocycles. The molecule has 1 atom stereocenters. The fraction of sp³-hybridized carbons (Fsp3) is 0.833. The molecule has 1 rings (SSSR count). The highest BCUT2D eigenvalue weighted by Crippen LogP contribution is 2.14. The third-order valence-corrected chi connectivity index (χ3v) is 3.09. The normalized spacial score (nSPS) is 20.1. The van der Waals surface area contributed by atoms with Crippen LogP contribution in [0.5, 0.6) is 0 Å². The lowest BCUT2D eigenvalue weighted by Gasteiger charge is -2.33. The molecule has 0 saturated carbocycles. The van der Waals surface area contributed by atoms with E-state index in [9.17, 15) is 0 Å². The standard InChI is InChI=1S/C12H24N2O/c1-4-12(9-13-2)14-7-5-11(6-8-14)10-15-3/h5,12-13H,4,6-10H2,1-3H3. The van der Waals surface area contributed by atoms with Gasteiger partial charge >= 0.3 is 0 Å². The molecule has 0 aromatic rings. The Kier molecular flexibility index (Phi) is 5.91. The van der Waals surface area contributed by atoms with Crippen molar-refractivity contribution in [2.75, 3.05) is 40.4 Å². The number of hydrogen-bond acceptors (Lipinski definition) is 3. The minimum absolute atomic E-state index is 0.676. The van der Waals surface area contributed by atoms with Crippen LogP contribution in [0.1, 0.15) is 19.8 Å². The highest BCUT2D eigenvalue weighted by atomic mass is 16.5. The van der Waals surface area contributed by atoms with Gasteiger partial charge < -0.3 is 10.1 Å². The predicted octanol–water partition coefficient (Wildman–Crippen LogP) is 1.26. The summed E-state index contributed by atoms with van der Waals surface area (Å²) in [6.07, 6.45) is 4.70. The number of rotatable bonds is 6. The maximum atomic E-state index is 5.15. The molecule has 1 heterocycles. The Labute approximate surface area is 93.5 Å². The first kappa shape index (κ1) is 12.7. The van der Waals surface area contributed by atoms with Crippen molar-refractivity contribution in [3.8, 4) is 0 Å². The third kappa shape index (κ3) is 3.93. The van der Waals surface area contributed by atoms with Crippen LogP contribution in [-0.4, -0.2) is 51.3 Å². The Hall–Kier alpha value is -0.380. The minimum atomic E-state index is 0.676. The van der Waals surface area contributed by atoms with Gasteiger partial charge in [0.05, 0.1) is 6.61 Å². The average molecular weight is 212 g/mol. The van der Waals surface area contributed by atoms with E-state index in [1.165, 1.54) is 18.5 Å². The van der Waals surface area contributed by atoms with Crippen molar-refractivity contribution in [1.29, 1.82) is 0 Å². The summed E-state index contributed by atoms with van der Waals surface area (Å²) >= 11 is 0. The van der Waals surface area contributed by atoms with Crippen molar-refractivity contribution in [3.05, 3.63) is 11.6 Å². The lowest BCUT2D eigenvalue weighted by Crippen LogP contribution is -2.43. The Morgan fingerprint density at radius 3 is 2.87 bits per heavy atom. The number of ether oxygens (including phenoxy) is 1. The summed E-state index contributed by atoms with van der Waals surface area (Å²) in [6.45, 7) is 6.41. The van der Waals surface area contributed by atoms with E-state index in [2.05, 4.69) is 23.2 Å². The van der Waals surface area contributed by atoms with Crippen LogP contribution < -0.4 is 5.32 Å². The maximum Gasteiger partial charge on any atom is 0.0673 e. The summed E-state index contributed by atoms with van der Waals surface area (Å²) in [4.78, 5) is 2.55. The topological polar surface area (TPSA) is 24.5 Å². The molecular formula is C12H24N2O. The third-order valence-electron chi connectivity index (χ3n) is 3.09. The number of likely N-dealkylation sites (N-methyl/N-ethyl adjacent to an activating group) is 1. The summed E-state index contributed by atoms with van der Waals surface area (Å²) in [5.74, 6) is 0. The summed E-state index contributed by atoms with van der Waals surface area (Å²) in [6, 6.07) is 0.676. The van der Waals surface area contributed by atoms with Crippen LogP contribution >= 0.6 is 0 Å². The van der Waals surface area contributed by atoms with E-state index in [1.807, 2.05) is 7.05 Å². The van der Waals surface area contributed by atoms with Crippen molar-refractivity contribution < 1.29 is 4.74 Å². The summed E-state index contributed by atoms with van der Waals surface area (Å²) in [5.41, 5.74) is 1.45. The van der Waals surface area contributed by atoms with E-state index in [-0.39, 0.29) is 0 Å². The van der Waals surface area contributed by atoms with Crippen molar-refractivity contribution in [3.63, 3.8) is 0 Å². The number of nitrogens with one attached hydrogen (secondary N) is 1. The van der Waals surface area contributed by atoms with E-state index >= 15 is 0 Å².